The maximum atomic E-state index is 13.8. The minimum absolute atomic E-state index is 0.155. The summed E-state index contributed by atoms with van der Waals surface area (Å²) in [6.07, 6.45) is -1.39. The van der Waals surface area contributed by atoms with E-state index in [1.165, 1.54) is 6.07 Å². The molecule has 5 nitrogen and oxygen atoms in total. The van der Waals surface area contributed by atoms with Crippen LogP contribution in [0.25, 0.3) is 11.1 Å². The zero-order valence-electron chi connectivity index (χ0n) is 17.7. The van der Waals surface area contributed by atoms with Gasteiger partial charge in [-0.05, 0) is 66.4 Å². The number of halogens is 2. The van der Waals surface area contributed by atoms with Crippen molar-refractivity contribution in [2.24, 2.45) is 0 Å². The molecule has 0 radical (unpaired) electrons. The van der Waals surface area contributed by atoms with Crippen LogP contribution < -0.4 is 4.90 Å². The first-order valence-electron chi connectivity index (χ1n) is 10.3. The lowest BCUT2D eigenvalue weighted by atomic mass is 10.0. The van der Waals surface area contributed by atoms with Crippen molar-refractivity contribution in [3.8, 4) is 11.1 Å². The van der Waals surface area contributed by atoms with Gasteiger partial charge < -0.3 is 19.8 Å². The van der Waals surface area contributed by atoms with Gasteiger partial charge in [0.25, 0.3) is 0 Å². The van der Waals surface area contributed by atoms with Crippen molar-refractivity contribution in [2.45, 2.75) is 39.3 Å². The zero-order valence-corrected chi connectivity index (χ0v) is 17.7. The van der Waals surface area contributed by atoms with Gasteiger partial charge in [0.1, 0.15) is 0 Å². The Morgan fingerprint density at radius 2 is 1.78 bits per heavy atom. The van der Waals surface area contributed by atoms with Gasteiger partial charge in [0, 0.05) is 12.1 Å². The molecule has 1 heterocycles. The molecule has 166 valence electrons. The van der Waals surface area contributed by atoms with Gasteiger partial charge in [0.15, 0.2) is 17.9 Å². The monoisotopic (exact) mass is 439 g/mol. The number of hydrogen-bond donors (Lipinski definition) is 2. The van der Waals surface area contributed by atoms with Gasteiger partial charge in [0.2, 0.25) is 0 Å². The molecule has 0 aromatic heterocycles. The zero-order chi connectivity index (χ0) is 23.0. The van der Waals surface area contributed by atoms with E-state index in [9.17, 15) is 23.8 Å². The molecule has 3 aromatic rings. The maximum Gasteiger partial charge on any atom is 0.340 e. The Bertz CT molecular complexity index is 1180. The number of carbonyl (C=O) groups excluding carboxylic acids is 1. The van der Waals surface area contributed by atoms with Crippen LogP contribution in [-0.2, 0) is 17.9 Å². The summed E-state index contributed by atoms with van der Waals surface area (Å²) in [4.78, 5) is 14.4. The highest BCUT2D eigenvalue weighted by Gasteiger charge is 2.32. The summed E-state index contributed by atoms with van der Waals surface area (Å²) in [5.74, 6) is -2.47. The average Bonchev–Trinajstić information content (AvgIpc) is 3.10. The first-order chi connectivity index (χ1) is 15.3. The fourth-order valence-electron chi connectivity index (χ4n) is 3.86. The third-order valence-corrected chi connectivity index (χ3v) is 5.43. The molecule has 0 saturated heterocycles. The molecule has 1 aliphatic heterocycles. The number of aliphatic hydroxyl groups excluding tert-OH is 2. The number of benzene rings is 3. The van der Waals surface area contributed by atoms with Gasteiger partial charge in [-0.1, -0.05) is 24.3 Å². The number of rotatable bonds is 5. The molecule has 2 N–H and O–H groups in total. The van der Waals surface area contributed by atoms with Gasteiger partial charge >= 0.3 is 5.97 Å². The second-order valence-electron chi connectivity index (χ2n) is 8.01. The molecule has 32 heavy (non-hydrogen) atoms. The Morgan fingerprint density at radius 3 is 2.47 bits per heavy atom. The second-order valence-corrected chi connectivity index (χ2v) is 8.01. The molecule has 1 aliphatic rings. The van der Waals surface area contributed by atoms with E-state index in [-0.39, 0.29) is 18.3 Å². The summed E-state index contributed by atoms with van der Waals surface area (Å²) in [5, 5.41) is 20.5. The van der Waals surface area contributed by atoms with E-state index in [1.807, 2.05) is 6.07 Å². The molecule has 1 unspecified atom stereocenters. The van der Waals surface area contributed by atoms with Crippen molar-refractivity contribution in [2.75, 3.05) is 4.90 Å². The summed E-state index contributed by atoms with van der Waals surface area (Å²) < 4.78 is 32.6. The Balaban J connectivity index is 1.80. The standard InChI is InChI=1S/C25H23F2NO4/c1-14(2)32-25(31)19-7-5-17(16-6-8-21(26)22(27)10-16)11-23(19)28-12-18-4-3-15(13-29)9-20(18)24(28)30/h3-11,14,24,29-30H,12-13H2,1-2H3. The summed E-state index contributed by atoms with van der Waals surface area (Å²) in [6, 6.07) is 13.8. The number of esters is 1. The van der Waals surface area contributed by atoms with Gasteiger partial charge in [-0.25, -0.2) is 13.6 Å². The fraction of sp³-hybridized carbons (Fsp3) is 0.240. The molecule has 0 spiro atoms. The quantitative estimate of drug-likeness (QED) is 0.564. The predicted octanol–water partition coefficient (Wildman–Crippen LogP) is 4.70. The lowest BCUT2D eigenvalue weighted by Gasteiger charge is -2.26. The minimum Gasteiger partial charge on any atom is -0.459 e. The first kappa shape index (κ1) is 21.9. The van der Waals surface area contributed by atoms with Gasteiger partial charge in [-0.2, -0.15) is 0 Å². The van der Waals surface area contributed by atoms with Gasteiger partial charge in [0.05, 0.1) is 24.0 Å². The van der Waals surface area contributed by atoms with E-state index < -0.39 is 23.8 Å². The molecule has 7 heteroatoms. The lowest BCUT2D eigenvalue weighted by molar-refractivity contribution is 0.0378. The van der Waals surface area contributed by atoms with Crippen LogP contribution in [0.5, 0.6) is 0 Å². The highest BCUT2D eigenvalue weighted by Crippen LogP contribution is 2.40. The number of nitrogens with zero attached hydrogens (tertiary/aromatic N) is 1. The summed E-state index contributed by atoms with van der Waals surface area (Å²) >= 11 is 0. The van der Waals surface area contributed by atoms with E-state index in [2.05, 4.69) is 0 Å². The number of aliphatic hydroxyl groups is 2. The van der Waals surface area contributed by atoms with E-state index in [1.54, 1.807) is 49.1 Å². The molecule has 0 amide bonds. The van der Waals surface area contributed by atoms with Gasteiger partial charge in [-0.15, -0.1) is 0 Å². The number of fused-ring (bicyclic) bond motifs is 1. The third kappa shape index (κ3) is 4.09. The highest BCUT2D eigenvalue weighted by atomic mass is 19.2. The summed E-state index contributed by atoms with van der Waals surface area (Å²) in [6.45, 7) is 3.65. The Hall–Kier alpha value is -3.29. The van der Waals surface area contributed by atoms with Crippen LogP contribution in [0, 0.1) is 11.6 Å². The van der Waals surface area contributed by atoms with Crippen molar-refractivity contribution in [1.82, 2.24) is 0 Å². The van der Waals surface area contributed by atoms with Crippen LogP contribution in [0.15, 0.2) is 54.6 Å². The van der Waals surface area contributed by atoms with Crippen LogP contribution in [0.3, 0.4) is 0 Å². The van der Waals surface area contributed by atoms with Crippen LogP contribution >= 0.6 is 0 Å². The fourth-order valence-corrected chi connectivity index (χ4v) is 3.86. The van der Waals surface area contributed by atoms with Crippen molar-refractivity contribution >= 4 is 11.7 Å². The third-order valence-electron chi connectivity index (χ3n) is 5.43. The number of ether oxygens (including phenoxy) is 1. The van der Waals surface area contributed by atoms with Crippen molar-refractivity contribution in [1.29, 1.82) is 0 Å². The van der Waals surface area contributed by atoms with Crippen LogP contribution in [-0.4, -0.2) is 22.3 Å². The molecule has 0 saturated carbocycles. The molecular weight excluding hydrogens is 416 g/mol. The molecule has 4 rings (SSSR count). The number of hydrogen-bond acceptors (Lipinski definition) is 5. The predicted molar refractivity (Wildman–Crippen MR) is 116 cm³/mol. The van der Waals surface area contributed by atoms with E-state index in [4.69, 9.17) is 4.74 Å². The Labute approximate surface area is 184 Å². The van der Waals surface area contributed by atoms with E-state index in [0.717, 1.165) is 17.7 Å². The molecular formula is C25H23F2NO4. The highest BCUT2D eigenvalue weighted by molar-refractivity contribution is 5.97. The Kier molecular flexibility index (Phi) is 5.95. The van der Waals surface area contributed by atoms with Crippen LogP contribution in [0.4, 0.5) is 14.5 Å². The SMILES string of the molecule is CC(C)OC(=O)c1ccc(-c2ccc(F)c(F)c2)cc1N1Cc2ccc(CO)cc2C1O. The topological polar surface area (TPSA) is 70.0 Å². The largest absolute Gasteiger partial charge is 0.459 e. The molecule has 0 bridgehead atoms. The van der Waals surface area contributed by atoms with E-state index >= 15 is 0 Å². The average molecular weight is 439 g/mol. The maximum absolute atomic E-state index is 13.8. The van der Waals surface area contributed by atoms with Crippen LogP contribution in [0.1, 0.15) is 47.1 Å². The smallest absolute Gasteiger partial charge is 0.340 e. The first-order valence-corrected chi connectivity index (χ1v) is 10.3. The van der Waals surface area contributed by atoms with Crippen molar-refractivity contribution < 1.29 is 28.5 Å². The van der Waals surface area contributed by atoms with Crippen molar-refractivity contribution in [3.63, 3.8) is 0 Å². The Morgan fingerprint density at radius 1 is 1.06 bits per heavy atom. The molecule has 1 atom stereocenters. The second kappa shape index (κ2) is 8.68. The molecule has 3 aromatic carbocycles. The van der Waals surface area contributed by atoms with E-state index in [0.29, 0.717) is 34.5 Å². The molecule has 0 aliphatic carbocycles. The van der Waals surface area contributed by atoms with Crippen LogP contribution in [0.2, 0.25) is 0 Å². The summed E-state index contributed by atoms with van der Waals surface area (Å²) in [7, 11) is 0. The van der Waals surface area contributed by atoms with Crippen molar-refractivity contribution in [3.05, 3.63) is 88.5 Å². The minimum atomic E-state index is -1.05. The van der Waals surface area contributed by atoms with Gasteiger partial charge in [-0.3, -0.25) is 0 Å². The molecule has 0 fully saturated rings. The summed E-state index contributed by atoms with van der Waals surface area (Å²) in [5.41, 5.74) is 3.81. The number of carbonyl (C=O) groups is 1. The number of anilines is 1. The lowest BCUT2D eigenvalue weighted by Crippen LogP contribution is -2.24. The normalized spacial score (nSPS) is 15.2.